The molecule has 14 heteroatoms. The SMILES string of the molecule is C/C(=C\C(N)C(=O)O)CP(=O)(O)O.C[C@](N)(CCP(=O)(O)O)C(=O)O. The molecule has 0 fully saturated rings. The van der Waals surface area contributed by atoms with Gasteiger partial charge < -0.3 is 41.3 Å². The van der Waals surface area contributed by atoms with Crippen LogP contribution in [-0.4, -0.2) is 65.6 Å². The van der Waals surface area contributed by atoms with Gasteiger partial charge in [0.1, 0.15) is 11.6 Å². The standard InChI is InChI=1S/C6H12NO5P.C5H12NO5P/c1-4(3-13(10,11)12)2-5(7)6(8)9;1-5(6,4(7)8)2-3-12(9,10)11/h2,5H,3,7H2,1H3,(H,8,9)(H2,10,11,12);2-3,6H2,1H3,(H,7,8)(H2,9,10,11)/b4-2+;/t;5-/m.0/s1. The Morgan fingerprint density at radius 1 is 1.12 bits per heavy atom. The minimum Gasteiger partial charge on any atom is -0.480 e. The second-order valence-electron chi connectivity index (χ2n) is 5.56. The number of carboxylic acid groups (broad SMARTS) is 2. The van der Waals surface area contributed by atoms with E-state index < -0.39 is 51.0 Å². The van der Waals surface area contributed by atoms with Gasteiger partial charge in [0.05, 0.1) is 12.3 Å². The summed E-state index contributed by atoms with van der Waals surface area (Å²) in [7, 11) is -8.27. The molecular formula is C11H24N2O10P2. The van der Waals surface area contributed by atoms with Gasteiger partial charge in [0.25, 0.3) is 0 Å². The molecule has 12 nitrogen and oxygen atoms in total. The highest BCUT2D eigenvalue weighted by Crippen LogP contribution is 2.37. The Morgan fingerprint density at radius 2 is 1.56 bits per heavy atom. The quantitative estimate of drug-likeness (QED) is 0.176. The first-order chi connectivity index (χ1) is 10.9. The Hall–Kier alpha value is -1.10. The van der Waals surface area contributed by atoms with Gasteiger partial charge in [0.15, 0.2) is 0 Å². The third-order valence-electron chi connectivity index (χ3n) is 2.62. The largest absolute Gasteiger partial charge is 0.480 e. The van der Waals surface area contributed by atoms with Gasteiger partial charge in [-0.1, -0.05) is 11.6 Å². The number of carboxylic acids is 2. The topological polar surface area (TPSA) is 242 Å². The average molecular weight is 406 g/mol. The van der Waals surface area contributed by atoms with E-state index in [0.29, 0.717) is 0 Å². The Balaban J connectivity index is 0. The highest BCUT2D eigenvalue weighted by atomic mass is 31.2. The zero-order valence-electron chi connectivity index (χ0n) is 13.6. The number of hydrogen-bond acceptors (Lipinski definition) is 6. The Labute approximate surface area is 143 Å². The fourth-order valence-electron chi connectivity index (χ4n) is 1.24. The molecule has 25 heavy (non-hydrogen) atoms. The van der Waals surface area contributed by atoms with Gasteiger partial charge in [-0.05, 0) is 20.3 Å². The van der Waals surface area contributed by atoms with E-state index >= 15 is 0 Å². The lowest BCUT2D eigenvalue weighted by molar-refractivity contribution is -0.142. The van der Waals surface area contributed by atoms with Crippen LogP contribution < -0.4 is 11.5 Å². The lowest BCUT2D eigenvalue weighted by atomic mass is 10.0. The molecule has 0 aromatic rings. The molecule has 148 valence electrons. The van der Waals surface area contributed by atoms with E-state index in [0.717, 1.165) is 6.08 Å². The van der Waals surface area contributed by atoms with Gasteiger partial charge in [-0.15, -0.1) is 0 Å². The van der Waals surface area contributed by atoms with E-state index in [1.165, 1.54) is 13.8 Å². The zero-order chi connectivity index (χ0) is 20.6. The minimum atomic E-state index is -4.15. The molecule has 0 saturated carbocycles. The third-order valence-corrected chi connectivity index (χ3v) is 4.33. The number of rotatable bonds is 8. The first-order valence-corrected chi connectivity index (χ1v) is 10.2. The van der Waals surface area contributed by atoms with Crippen molar-refractivity contribution < 1.29 is 48.5 Å². The van der Waals surface area contributed by atoms with Crippen molar-refractivity contribution >= 4 is 27.1 Å². The van der Waals surface area contributed by atoms with Crippen LogP contribution in [-0.2, 0) is 18.7 Å². The van der Waals surface area contributed by atoms with Crippen LogP contribution in [0.15, 0.2) is 11.6 Å². The fraction of sp³-hybridized carbons (Fsp3) is 0.636. The molecule has 0 radical (unpaired) electrons. The minimum absolute atomic E-state index is 0.243. The van der Waals surface area contributed by atoms with Gasteiger partial charge >= 0.3 is 27.1 Å². The first-order valence-electron chi connectivity index (χ1n) is 6.64. The van der Waals surface area contributed by atoms with Crippen molar-refractivity contribution in [2.24, 2.45) is 11.5 Å². The van der Waals surface area contributed by atoms with Crippen molar-refractivity contribution in [2.75, 3.05) is 12.3 Å². The van der Waals surface area contributed by atoms with E-state index in [1.54, 1.807) is 0 Å². The smallest absolute Gasteiger partial charge is 0.329 e. The van der Waals surface area contributed by atoms with Crippen LogP contribution in [0.25, 0.3) is 0 Å². The van der Waals surface area contributed by atoms with Gasteiger partial charge in [-0.3, -0.25) is 18.7 Å². The van der Waals surface area contributed by atoms with Crippen molar-refractivity contribution in [3.8, 4) is 0 Å². The van der Waals surface area contributed by atoms with Crippen LogP contribution in [0.3, 0.4) is 0 Å². The summed E-state index contributed by atoms with van der Waals surface area (Å²) in [5, 5.41) is 16.8. The number of aliphatic carboxylic acids is 2. The first kappa shape index (κ1) is 26.1. The highest BCUT2D eigenvalue weighted by Gasteiger charge is 2.30. The number of nitrogens with two attached hydrogens (primary N) is 2. The van der Waals surface area contributed by atoms with E-state index in [1.807, 2.05) is 0 Å². The molecule has 0 amide bonds. The summed E-state index contributed by atoms with van der Waals surface area (Å²) in [5.41, 5.74) is 9.03. The van der Waals surface area contributed by atoms with Crippen LogP contribution in [0.4, 0.5) is 0 Å². The van der Waals surface area contributed by atoms with Gasteiger partial charge in [0.2, 0.25) is 0 Å². The van der Waals surface area contributed by atoms with E-state index in [4.69, 9.17) is 41.3 Å². The Kier molecular flexibility index (Phi) is 10.6. The molecule has 0 aromatic heterocycles. The molecule has 0 aromatic carbocycles. The summed E-state index contributed by atoms with van der Waals surface area (Å²) in [6.07, 6.45) is -0.103. The number of carbonyl (C=O) groups is 2. The molecule has 0 heterocycles. The zero-order valence-corrected chi connectivity index (χ0v) is 15.4. The second kappa shape index (κ2) is 10.1. The number of allylic oxidation sites excluding steroid dienone is 1. The molecule has 0 rings (SSSR count). The normalized spacial score (nSPS) is 16.2. The lowest BCUT2D eigenvalue weighted by Crippen LogP contribution is -2.45. The van der Waals surface area contributed by atoms with E-state index in [2.05, 4.69) is 0 Å². The van der Waals surface area contributed by atoms with Gasteiger partial charge in [-0.2, -0.15) is 0 Å². The maximum Gasteiger partial charge on any atom is 0.329 e. The molecule has 1 unspecified atom stereocenters. The second-order valence-corrected chi connectivity index (χ2v) is 8.98. The van der Waals surface area contributed by atoms with Crippen LogP contribution in [0.2, 0.25) is 0 Å². The van der Waals surface area contributed by atoms with Crippen molar-refractivity contribution in [1.82, 2.24) is 0 Å². The molecule has 0 saturated heterocycles. The maximum absolute atomic E-state index is 10.5. The molecular weight excluding hydrogens is 382 g/mol. The summed E-state index contributed by atoms with van der Waals surface area (Å²) < 4.78 is 20.8. The third kappa shape index (κ3) is 16.1. The summed E-state index contributed by atoms with van der Waals surface area (Å²) in [6.45, 7) is 2.63. The lowest BCUT2D eigenvalue weighted by Gasteiger charge is -2.18. The summed E-state index contributed by atoms with van der Waals surface area (Å²) in [5.74, 6) is -2.50. The monoisotopic (exact) mass is 406 g/mol. The predicted octanol–water partition coefficient (Wildman–Crippen LogP) is -1.12. The molecule has 0 aliphatic carbocycles. The van der Waals surface area contributed by atoms with Crippen molar-refractivity contribution in [3.05, 3.63) is 11.6 Å². The molecule has 0 spiro atoms. The Morgan fingerprint density at radius 3 is 1.84 bits per heavy atom. The van der Waals surface area contributed by atoms with Crippen LogP contribution >= 0.6 is 15.2 Å². The van der Waals surface area contributed by atoms with Crippen LogP contribution in [0.5, 0.6) is 0 Å². The van der Waals surface area contributed by atoms with Gasteiger partial charge in [0, 0.05) is 0 Å². The van der Waals surface area contributed by atoms with Crippen molar-refractivity contribution in [2.45, 2.75) is 31.8 Å². The molecule has 10 N–H and O–H groups in total. The fourth-order valence-corrected chi connectivity index (χ4v) is 2.75. The highest BCUT2D eigenvalue weighted by molar-refractivity contribution is 7.52. The maximum atomic E-state index is 10.5. The summed E-state index contributed by atoms with van der Waals surface area (Å²) >= 11 is 0. The van der Waals surface area contributed by atoms with E-state index in [9.17, 15) is 18.7 Å². The molecule has 0 aliphatic heterocycles. The molecule has 0 aliphatic rings. The number of hydrogen-bond donors (Lipinski definition) is 8. The summed E-state index contributed by atoms with van der Waals surface area (Å²) in [6, 6.07) is -1.22. The predicted molar refractivity (Wildman–Crippen MR) is 88.0 cm³/mol. The van der Waals surface area contributed by atoms with Crippen molar-refractivity contribution in [1.29, 1.82) is 0 Å². The van der Waals surface area contributed by atoms with E-state index in [-0.39, 0.29) is 12.0 Å². The van der Waals surface area contributed by atoms with Crippen molar-refractivity contribution in [3.63, 3.8) is 0 Å². The Bertz CT molecular complexity index is 592. The average Bonchev–Trinajstić information content (AvgIpc) is 2.33. The van der Waals surface area contributed by atoms with Gasteiger partial charge in [-0.25, -0.2) is 0 Å². The molecule has 2 atom stereocenters. The van der Waals surface area contributed by atoms with Crippen LogP contribution in [0, 0.1) is 0 Å². The van der Waals surface area contributed by atoms with Crippen LogP contribution in [0.1, 0.15) is 20.3 Å². The molecule has 0 bridgehead atoms. The summed E-state index contributed by atoms with van der Waals surface area (Å²) in [4.78, 5) is 54.5.